The lowest BCUT2D eigenvalue weighted by Gasteiger charge is -2.04. The molecule has 2 aromatic heterocycles. The van der Waals surface area contributed by atoms with Crippen LogP contribution in [-0.2, 0) is 0 Å². The molecule has 0 atom stereocenters. The van der Waals surface area contributed by atoms with Gasteiger partial charge in [-0.15, -0.1) is 0 Å². The highest BCUT2D eigenvalue weighted by atomic mass is 35.5. The number of rotatable bonds is 2. The quantitative estimate of drug-likeness (QED) is 0.835. The van der Waals surface area contributed by atoms with E-state index < -0.39 is 11.9 Å². The molecule has 0 saturated carbocycles. The predicted octanol–water partition coefficient (Wildman–Crippen LogP) is 2.52. The van der Waals surface area contributed by atoms with Crippen molar-refractivity contribution in [1.82, 2.24) is 9.97 Å². The van der Waals surface area contributed by atoms with Crippen molar-refractivity contribution >= 4 is 23.2 Å². The van der Waals surface area contributed by atoms with Crippen molar-refractivity contribution in [3.8, 4) is 0 Å². The first kappa shape index (κ1) is 11.5. The topological polar surface area (TPSA) is 54.9 Å². The molecule has 0 aliphatic carbocycles. The van der Waals surface area contributed by atoms with Crippen LogP contribution in [0.5, 0.6) is 0 Å². The second-order valence-electron chi connectivity index (χ2n) is 3.19. The van der Waals surface area contributed by atoms with E-state index >= 15 is 0 Å². The number of anilines is 1. The molecule has 0 aliphatic heterocycles. The fraction of sp³-hybridized carbons (Fsp3) is 0. The van der Waals surface area contributed by atoms with Crippen molar-refractivity contribution in [2.24, 2.45) is 0 Å². The third-order valence-corrected chi connectivity index (χ3v) is 2.18. The number of aromatic nitrogens is 2. The summed E-state index contributed by atoms with van der Waals surface area (Å²) < 4.78 is 12.8. The minimum absolute atomic E-state index is 0.186. The Morgan fingerprint density at radius 1 is 1.24 bits per heavy atom. The van der Waals surface area contributed by atoms with Gasteiger partial charge in [0.15, 0.2) is 0 Å². The summed E-state index contributed by atoms with van der Waals surface area (Å²) in [6.07, 6.45) is 2.69. The second kappa shape index (κ2) is 4.88. The van der Waals surface area contributed by atoms with E-state index in [2.05, 4.69) is 15.3 Å². The van der Waals surface area contributed by atoms with E-state index in [1.807, 2.05) is 0 Å². The van der Waals surface area contributed by atoms with Gasteiger partial charge >= 0.3 is 0 Å². The maximum atomic E-state index is 12.8. The Kier molecular flexibility index (Phi) is 3.30. The summed E-state index contributed by atoms with van der Waals surface area (Å²) in [5.74, 6) is -1.14. The van der Waals surface area contributed by atoms with Gasteiger partial charge in [-0.2, -0.15) is 4.39 Å². The first-order valence-corrected chi connectivity index (χ1v) is 5.07. The van der Waals surface area contributed by atoms with Crippen LogP contribution in [0, 0.1) is 5.95 Å². The van der Waals surface area contributed by atoms with Crippen molar-refractivity contribution in [1.29, 1.82) is 0 Å². The number of halogens is 2. The molecule has 4 nitrogen and oxygen atoms in total. The van der Waals surface area contributed by atoms with Crippen LogP contribution in [0.4, 0.5) is 10.1 Å². The molecule has 0 aliphatic rings. The van der Waals surface area contributed by atoms with Gasteiger partial charge in [0.1, 0.15) is 5.15 Å². The van der Waals surface area contributed by atoms with Gasteiger partial charge in [-0.1, -0.05) is 11.6 Å². The van der Waals surface area contributed by atoms with Crippen molar-refractivity contribution < 1.29 is 9.18 Å². The Morgan fingerprint density at radius 2 is 2.00 bits per heavy atom. The van der Waals surface area contributed by atoms with Crippen molar-refractivity contribution in [3.63, 3.8) is 0 Å². The molecule has 0 spiro atoms. The minimum Gasteiger partial charge on any atom is -0.322 e. The summed E-state index contributed by atoms with van der Waals surface area (Å²) in [4.78, 5) is 18.9. The van der Waals surface area contributed by atoms with E-state index in [1.165, 1.54) is 24.5 Å². The highest BCUT2D eigenvalue weighted by Crippen LogP contribution is 2.13. The standard InChI is InChI=1S/C11H7ClFN3O/c12-9-6-8(2-4-14-9)16-11(17)7-1-3-15-10(13)5-7/h1-6H,(H,14,16,17). The Balaban J connectivity index is 2.17. The monoisotopic (exact) mass is 251 g/mol. The Bertz CT molecular complexity index is 562. The number of hydrogen-bond donors (Lipinski definition) is 1. The van der Waals surface area contributed by atoms with Crippen LogP contribution in [0.25, 0.3) is 0 Å². The van der Waals surface area contributed by atoms with Gasteiger partial charge in [0.25, 0.3) is 5.91 Å². The van der Waals surface area contributed by atoms with Crippen LogP contribution in [0.15, 0.2) is 36.7 Å². The molecule has 0 fully saturated rings. The number of amides is 1. The molecule has 0 radical (unpaired) electrons. The Labute approximate surface area is 101 Å². The molecule has 2 heterocycles. The second-order valence-corrected chi connectivity index (χ2v) is 3.58. The summed E-state index contributed by atoms with van der Waals surface area (Å²) in [6, 6.07) is 5.55. The fourth-order valence-corrected chi connectivity index (χ4v) is 1.40. The summed E-state index contributed by atoms with van der Waals surface area (Å²) in [6.45, 7) is 0. The zero-order valence-corrected chi connectivity index (χ0v) is 9.28. The van der Waals surface area contributed by atoms with Crippen LogP contribution < -0.4 is 5.32 Å². The van der Waals surface area contributed by atoms with Crippen molar-refractivity contribution in [2.45, 2.75) is 0 Å². The summed E-state index contributed by atoms with van der Waals surface area (Å²) >= 11 is 5.67. The van der Waals surface area contributed by atoms with Crippen LogP contribution >= 0.6 is 11.6 Å². The van der Waals surface area contributed by atoms with Crippen LogP contribution in [0.2, 0.25) is 5.15 Å². The Hall–Kier alpha value is -2.01. The van der Waals surface area contributed by atoms with E-state index in [0.717, 1.165) is 6.07 Å². The van der Waals surface area contributed by atoms with E-state index in [4.69, 9.17) is 11.6 Å². The first-order chi connectivity index (χ1) is 8.15. The molecule has 2 rings (SSSR count). The number of nitrogens with one attached hydrogen (secondary N) is 1. The van der Waals surface area contributed by atoms with Crippen LogP contribution in [-0.4, -0.2) is 15.9 Å². The lowest BCUT2D eigenvalue weighted by atomic mass is 10.2. The lowest BCUT2D eigenvalue weighted by molar-refractivity contribution is 0.102. The predicted molar refractivity (Wildman–Crippen MR) is 61.4 cm³/mol. The van der Waals surface area contributed by atoms with Gasteiger partial charge in [-0.05, 0) is 18.2 Å². The van der Waals surface area contributed by atoms with Gasteiger partial charge in [0.05, 0.1) is 0 Å². The molecular weight excluding hydrogens is 245 g/mol. The Morgan fingerprint density at radius 3 is 2.71 bits per heavy atom. The molecule has 86 valence electrons. The highest BCUT2D eigenvalue weighted by molar-refractivity contribution is 6.29. The van der Waals surface area contributed by atoms with Crippen molar-refractivity contribution in [3.05, 3.63) is 53.3 Å². The summed E-state index contributed by atoms with van der Waals surface area (Å²) in [5, 5.41) is 2.84. The number of pyridine rings is 2. The van der Waals surface area contributed by atoms with Crippen LogP contribution in [0.1, 0.15) is 10.4 Å². The van der Waals surface area contributed by atoms with Crippen molar-refractivity contribution in [2.75, 3.05) is 5.32 Å². The number of carbonyl (C=O) groups is 1. The van der Waals surface area contributed by atoms with Gasteiger partial charge in [0.2, 0.25) is 5.95 Å². The average molecular weight is 252 g/mol. The normalized spacial score (nSPS) is 10.0. The fourth-order valence-electron chi connectivity index (χ4n) is 1.23. The molecular formula is C11H7ClFN3O. The maximum Gasteiger partial charge on any atom is 0.255 e. The largest absolute Gasteiger partial charge is 0.322 e. The molecule has 2 aromatic rings. The summed E-state index contributed by atoms with van der Waals surface area (Å²) in [5.41, 5.74) is 0.678. The molecule has 1 N–H and O–H groups in total. The van der Waals surface area contributed by atoms with Gasteiger partial charge in [-0.3, -0.25) is 4.79 Å². The number of nitrogens with zero attached hydrogens (tertiary/aromatic N) is 2. The molecule has 0 unspecified atom stereocenters. The van der Waals surface area contributed by atoms with E-state index in [1.54, 1.807) is 6.07 Å². The SMILES string of the molecule is O=C(Nc1ccnc(Cl)c1)c1ccnc(F)c1. The first-order valence-electron chi connectivity index (χ1n) is 4.69. The van der Waals surface area contributed by atoms with E-state index in [9.17, 15) is 9.18 Å². The van der Waals surface area contributed by atoms with Gasteiger partial charge < -0.3 is 5.32 Å². The zero-order valence-electron chi connectivity index (χ0n) is 8.52. The third-order valence-electron chi connectivity index (χ3n) is 1.97. The minimum atomic E-state index is -0.703. The van der Waals surface area contributed by atoms with Gasteiger partial charge in [0, 0.05) is 29.7 Å². The van der Waals surface area contributed by atoms with Gasteiger partial charge in [-0.25, -0.2) is 9.97 Å². The summed E-state index contributed by atoms with van der Waals surface area (Å²) in [7, 11) is 0. The molecule has 0 bridgehead atoms. The zero-order chi connectivity index (χ0) is 12.3. The number of carbonyl (C=O) groups excluding carboxylic acids is 1. The average Bonchev–Trinajstić information content (AvgIpc) is 2.29. The molecule has 17 heavy (non-hydrogen) atoms. The highest BCUT2D eigenvalue weighted by Gasteiger charge is 2.07. The molecule has 1 amide bonds. The third kappa shape index (κ3) is 2.98. The number of hydrogen-bond acceptors (Lipinski definition) is 3. The van der Waals surface area contributed by atoms with E-state index in [-0.39, 0.29) is 10.7 Å². The maximum absolute atomic E-state index is 12.8. The molecule has 6 heteroatoms. The van der Waals surface area contributed by atoms with E-state index in [0.29, 0.717) is 5.69 Å². The lowest BCUT2D eigenvalue weighted by Crippen LogP contribution is -2.12. The van der Waals surface area contributed by atoms with Crippen LogP contribution in [0.3, 0.4) is 0 Å². The smallest absolute Gasteiger partial charge is 0.255 e. The molecule has 0 aromatic carbocycles. The molecule has 0 saturated heterocycles.